The summed E-state index contributed by atoms with van der Waals surface area (Å²) in [6.45, 7) is 3.61. The molecule has 2 heterocycles. The molecule has 1 saturated heterocycles. The summed E-state index contributed by atoms with van der Waals surface area (Å²) in [7, 11) is 0. The number of benzene rings is 2. The highest BCUT2D eigenvalue weighted by molar-refractivity contribution is 6.51. The molecule has 1 aliphatic rings. The van der Waals surface area contributed by atoms with Gasteiger partial charge >= 0.3 is 0 Å². The second-order valence-corrected chi connectivity index (χ2v) is 7.36. The van der Waals surface area contributed by atoms with Crippen molar-refractivity contribution in [1.82, 2.24) is 4.98 Å². The van der Waals surface area contributed by atoms with Crippen LogP contribution in [0.25, 0.3) is 5.76 Å². The number of amides is 1. The number of carbonyl (C=O) groups excluding carboxylic acids is 2. The number of rotatable bonds is 3. The van der Waals surface area contributed by atoms with E-state index in [1.165, 1.54) is 12.4 Å². The van der Waals surface area contributed by atoms with Crippen LogP contribution >= 0.6 is 0 Å². The summed E-state index contributed by atoms with van der Waals surface area (Å²) >= 11 is 0. The Balaban J connectivity index is 2.00. The first kappa shape index (κ1) is 20.4. The van der Waals surface area contributed by atoms with Gasteiger partial charge in [-0.05, 0) is 55.3 Å². The first-order valence-electron chi connectivity index (χ1n) is 9.53. The maximum Gasteiger partial charge on any atom is 0.300 e. The van der Waals surface area contributed by atoms with E-state index in [4.69, 9.17) is 0 Å². The lowest BCUT2D eigenvalue weighted by Gasteiger charge is -2.25. The lowest BCUT2D eigenvalue weighted by Crippen LogP contribution is -2.30. The third kappa shape index (κ3) is 3.48. The van der Waals surface area contributed by atoms with E-state index in [0.717, 1.165) is 22.6 Å². The molecule has 0 spiro atoms. The minimum atomic E-state index is -1.11. The summed E-state index contributed by atoms with van der Waals surface area (Å²) in [4.78, 5) is 30.9. The lowest BCUT2D eigenvalue weighted by molar-refractivity contribution is -0.132. The Bertz CT molecular complexity index is 1240. The van der Waals surface area contributed by atoms with E-state index in [1.807, 2.05) is 13.0 Å². The smallest absolute Gasteiger partial charge is 0.300 e. The number of aromatic nitrogens is 1. The number of halogens is 2. The third-order valence-electron chi connectivity index (χ3n) is 5.28. The minimum absolute atomic E-state index is 0.173. The topological polar surface area (TPSA) is 70.5 Å². The molecule has 0 saturated carbocycles. The van der Waals surface area contributed by atoms with Crippen LogP contribution in [0, 0.1) is 25.5 Å². The highest BCUT2D eigenvalue weighted by Crippen LogP contribution is 2.43. The number of aliphatic hydroxyl groups is 1. The second kappa shape index (κ2) is 7.75. The van der Waals surface area contributed by atoms with Gasteiger partial charge in [0.2, 0.25) is 0 Å². The molecule has 0 radical (unpaired) electrons. The van der Waals surface area contributed by atoms with Gasteiger partial charge in [0.05, 0.1) is 17.3 Å². The number of aryl methyl sites for hydroxylation is 2. The van der Waals surface area contributed by atoms with Crippen molar-refractivity contribution < 1.29 is 23.5 Å². The summed E-state index contributed by atoms with van der Waals surface area (Å²) in [6.07, 6.45) is 2.93. The summed E-state index contributed by atoms with van der Waals surface area (Å²) in [5, 5.41) is 11.1. The first-order chi connectivity index (χ1) is 14.8. The molecule has 1 aliphatic heterocycles. The number of Topliss-reactive ketones (excluding diaryl/α,β-unsaturated/α-hetero) is 1. The van der Waals surface area contributed by atoms with Crippen LogP contribution < -0.4 is 4.90 Å². The normalized spacial score (nSPS) is 17.9. The molecule has 4 rings (SSSR count). The van der Waals surface area contributed by atoms with Crippen LogP contribution in [-0.2, 0) is 9.59 Å². The fraction of sp³-hybridized carbons (Fsp3) is 0.125. The number of nitrogens with zero attached hydrogens (tertiary/aromatic N) is 2. The van der Waals surface area contributed by atoms with E-state index in [0.29, 0.717) is 22.8 Å². The van der Waals surface area contributed by atoms with E-state index >= 15 is 0 Å². The number of anilines is 1. The van der Waals surface area contributed by atoms with E-state index in [9.17, 15) is 23.5 Å². The Hall–Kier alpha value is -3.87. The fourth-order valence-corrected chi connectivity index (χ4v) is 3.75. The van der Waals surface area contributed by atoms with Crippen molar-refractivity contribution in [3.8, 4) is 0 Å². The molecular weight excluding hydrogens is 402 g/mol. The van der Waals surface area contributed by atoms with Crippen LogP contribution in [0.15, 0.2) is 66.5 Å². The molecule has 5 nitrogen and oxygen atoms in total. The highest BCUT2D eigenvalue weighted by Gasteiger charge is 2.47. The van der Waals surface area contributed by atoms with Gasteiger partial charge in [0.1, 0.15) is 17.4 Å². The van der Waals surface area contributed by atoms with Crippen LogP contribution in [0.4, 0.5) is 14.5 Å². The van der Waals surface area contributed by atoms with Crippen molar-refractivity contribution in [2.75, 3.05) is 4.90 Å². The van der Waals surface area contributed by atoms with Gasteiger partial charge in [0.25, 0.3) is 11.7 Å². The monoisotopic (exact) mass is 420 g/mol. The summed E-state index contributed by atoms with van der Waals surface area (Å²) < 4.78 is 28.1. The highest BCUT2D eigenvalue weighted by atomic mass is 19.1. The van der Waals surface area contributed by atoms with Crippen molar-refractivity contribution in [2.24, 2.45) is 0 Å². The molecule has 1 amide bonds. The Kier molecular flexibility index (Phi) is 5.10. The largest absolute Gasteiger partial charge is 0.507 e. The average Bonchev–Trinajstić information content (AvgIpc) is 3.01. The Morgan fingerprint density at radius 3 is 2.39 bits per heavy atom. The molecule has 1 fully saturated rings. The molecule has 2 aromatic carbocycles. The maximum absolute atomic E-state index is 14.6. The minimum Gasteiger partial charge on any atom is -0.507 e. The third-order valence-corrected chi connectivity index (χ3v) is 5.28. The second-order valence-electron chi connectivity index (χ2n) is 7.36. The fourth-order valence-electron chi connectivity index (χ4n) is 3.75. The molecule has 7 heteroatoms. The van der Waals surface area contributed by atoms with Gasteiger partial charge in [0, 0.05) is 24.0 Å². The first-order valence-corrected chi connectivity index (χ1v) is 9.53. The van der Waals surface area contributed by atoms with Crippen LogP contribution in [0.5, 0.6) is 0 Å². The Labute approximate surface area is 177 Å². The van der Waals surface area contributed by atoms with Crippen molar-refractivity contribution in [1.29, 1.82) is 0 Å². The van der Waals surface area contributed by atoms with E-state index < -0.39 is 29.4 Å². The van der Waals surface area contributed by atoms with Gasteiger partial charge in [-0.25, -0.2) is 8.78 Å². The molecule has 0 bridgehead atoms. The van der Waals surface area contributed by atoms with Crippen LogP contribution in [0.3, 0.4) is 0 Å². The molecule has 31 heavy (non-hydrogen) atoms. The molecule has 1 unspecified atom stereocenters. The zero-order valence-electron chi connectivity index (χ0n) is 16.8. The van der Waals surface area contributed by atoms with Crippen LogP contribution in [0.1, 0.15) is 28.3 Å². The number of pyridine rings is 1. The standard InChI is InChI=1S/C24H18F2N2O3/c1-13-3-4-14(2)17(11-13)22(29)20-21(15-7-9-27-10-8-15)28(24(31)23(20)30)19-6-5-16(25)12-18(19)26/h3-12,21,29H,1-2H3/b22-20+. The predicted molar refractivity (Wildman–Crippen MR) is 111 cm³/mol. The van der Waals surface area contributed by atoms with Gasteiger partial charge in [0.15, 0.2) is 0 Å². The Morgan fingerprint density at radius 1 is 1.00 bits per heavy atom. The number of carbonyl (C=O) groups is 2. The van der Waals surface area contributed by atoms with Crippen LogP contribution in [-0.4, -0.2) is 21.8 Å². The maximum atomic E-state index is 14.6. The molecule has 156 valence electrons. The molecule has 1 atom stereocenters. The molecule has 3 aromatic rings. The quantitative estimate of drug-likeness (QED) is 0.382. The average molecular weight is 420 g/mol. The van der Waals surface area contributed by atoms with Crippen LogP contribution in [0.2, 0.25) is 0 Å². The van der Waals surface area contributed by atoms with Gasteiger partial charge in [-0.3, -0.25) is 19.5 Å². The van der Waals surface area contributed by atoms with Crippen molar-refractivity contribution in [2.45, 2.75) is 19.9 Å². The summed E-state index contributed by atoms with van der Waals surface area (Å²) in [6, 6.07) is 10.1. The zero-order chi connectivity index (χ0) is 22.3. The summed E-state index contributed by atoms with van der Waals surface area (Å²) in [5.41, 5.74) is 1.97. The number of ketones is 1. The number of hydrogen-bond acceptors (Lipinski definition) is 4. The molecular formula is C24H18F2N2O3. The van der Waals surface area contributed by atoms with Gasteiger partial charge in [-0.2, -0.15) is 0 Å². The van der Waals surface area contributed by atoms with Crippen molar-refractivity contribution in [3.05, 3.63) is 100 Å². The molecule has 1 aromatic heterocycles. The predicted octanol–water partition coefficient (Wildman–Crippen LogP) is 4.60. The zero-order valence-corrected chi connectivity index (χ0v) is 16.8. The Morgan fingerprint density at radius 2 is 1.71 bits per heavy atom. The van der Waals surface area contributed by atoms with E-state index in [2.05, 4.69) is 4.98 Å². The van der Waals surface area contributed by atoms with Crippen molar-refractivity contribution >= 4 is 23.1 Å². The van der Waals surface area contributed by atoms with Gasteiger partial charge < -0.3 is 5.11 Å². The summed E-state index contributed by atoms with van der Waals surface area (Å²) in [5.74, 6) is -4.13. The number of aliphatic hydroxyl groups excluding tert-OH is 1. The number of hydrogen-bond donors (Lipinski definition) is 1. The van der Waals surface area contributed by atoms with E-state index in [-0.39, 0.29) is 17.0 Å². The molecule has 1 N–H and O–H groups in total. The van der Waals surface area contributed by atoms with E-state index in [1.54, 1.807) is 31.2 Å². The lowest BCUT2D eigenvalue weighted by atomic mass is 9.93. The van der Waals surface area contributed by atoms with Gasteiger partial charge in [-0.1, -0.05) is 17.7 Å². The SMILES string of the molecule is Cc1ccc(C)c(/C(O)=C2\C(=O)C(=O)N(c3ccc(F)cc3F)C2c2ccncc2)c1. The van der Waals surface area contributed by atoms with Gasteiger partial charge in [-0.15, -0.1) is 0 Å². The molecule has 0 aliphatic carbocycles. The van der Waals surface area contributed by atoms with Crippen molar-refractivity contribution in [3.63, 3.8) is 0 Å².